The van der Waals surface area contributed by atoms with Crippen molar-refractivity contribution in [1.29, 1.82) is 0 Å². The Morgan fingerprint density at radius 1 is 1.33 bits per heavy atom. The third-order valence-electron chi connectivity index (χ3n) is 2.47. The van der Waals surface area contributed by atoms with E-state index < -0.39 is 5.82 Å². The van der Waals surface area contributed by atoms with Gasteiger partial charge in [0.2, 0.25) is 5.95 Å². The van der Waals surface area contributed by atoms with Crippen molar-refractivity contribution in [1.82, 2.24) is 19.5 Å². The fourth-order valence-corrected chi connectivity index (χ4v) is 1.71. The number of aryl methyl sites for hydroxylation is 1. The van der Waals surface area contributed by atoms with E-state index in [0.717, 1.165) is 13.0 Å². The maximum atomic E-state index is 13.8. The summed E-state index contributed by atoms with van der Waals surface area (Å²) < 4.78 is 15.7. The van der Waals surface area contributed by atoms with Gasteiger partial charge in [0.25, 0.3) is 0 Å². The van der Waals surface area contributed by atoms with Gasteiger partial charge in [-0.25, -0.2) is 19.3 Å². The van der Waals surface area contributed by atoms with Gasteiger partial charge < -0.3 is 9.88 Å². The molecule has 5 nitrogen and oxygen atoms in total. The Hall–Kier alpha value is -1.98. The summed E-state index contributed by atoms with van der Waals surface area (Å²) in [5.41, 5.74) is 0.236. The van der Waals surface area contributed by atoms with Crippen LogP contribution in [0.4, 0.5) is 10.3 Å². The van der Waals surface area contributed by atoms with Crippen LogP contribution in [0.2, 0.25) is 0 Å². The first-order chi connectivity index (χ1) is 8.76. The van der Waals surface area contributed by atoms with Gasteiger partial charge in [0.05, 0.1) is 6.20 Å². The first kappa shape index (κ1) is 12.5. The molecule has 2 aromatic heterocycles. The van der Waals surface area contributed by atoms with Crippen LogP contribution in [0.1, 0.15) is 20.3 Å². The molecule has 0 aliphatic heterocycles. The molecular weight excluding hydrogens is 233 g/mol. The fourth-order valence-electron chi connectivity index (χ4n) is 1.71. The lowest BCUT2D eigenvalue weighted by molar-refractivity contribution is 0.610. The number of rotatable bonds is 5. The van der Waals surface area contributed by atoms with Crippen molar-refractivity contribution in [2.24, 2.45) is 0 Å². The summed E-state index contributed by atoms with van der Waals surface area (Å²) in [4.78, 5) is 12.2. The van der Waals surface area contributed by atoms with Crippen molar-refractivity contribution in [2.45, 2.75) is 26.8 Å². The van der Waals surface area contributed by atoms with Gasteiger partial charge >= 0.3 is 0 Å². The van der Waals surface area contributed by atoms with E-state index in [1.54, 1.807) is 6.20 Å². The second-order valence-electron chi connectivity index (χ2n) is 3.86. The zero-order chi connectivity index (χ0) is 13.0. The molecule has 0 spiro atoms. The maximum Gasteiger partial charge on any atom is 0.223 e. The van der Waals surface area contributed by atoms with Crippen molar-refractivity contribution in [2.75, 3.05) is 11.9 Å². The monoisotopic (exact) mass is 249 g/mol. The first-order valence-electron chi connectivity index (χ1n) is 6.04. The molecule has 18 heavy (non-hydrogen) atoms. The minimum Gasteiger partial charge on any atom is -0.354 e. The number of imidazole rings is 1. The lowest BCUT2D eigenvalue weighted by Gasteiger charge is -2.08. The highest BCUT2D eigenvalue weighted by atomic mass is 19.1. The number of anilines is 1. The lowest BCUT2D eigenvalue weighted by atomic mass is 10.3. The van der Waals surface area contributed by atoms with E-state index in [9.17, 15) is 4.39 Å². The highest BCUT2D eigenvalue weighted by Crippen LogP contribution is 2.19. The standard InChI is InChI=1S/C12H16FN5/c1-3-6-18-7-5-15-11(18)10-9(13)8-16-12(17-10)14-4-2/h5,7-8H,3-4,6H2,1-2H3,(H,14,16,17). The third-order valence-corrected chi connectivity index (χ3v) is 2.47. The smallest absolute Gasteiger partial charge is 0.223 e. The first-order valence-corrected chi connectivity index (χ1v) is 6.04. The van der Waals surface area contributed by atoms with Crippen LogP contribution in [0.15, 0.2) is 18.6 Å². The summed E-state index contributed by atoms with van der Waals surface area (Å²) in [6, 6.07) is 0. The van der Waals surface area contributed by atoms with Crippen LogP contribution in [0.5, 0.6) is 0 Å². The molecule has 2 heterocycles. The summed E-state index contributed by atoms with van der Waals surface area (Å²) in [6.45, 7) is 5.47. The molecule has 2 aromatic rings. The van der Waals surface area contributed by atoms with E-state index in [2.05, 4.69) is 27.2 Å². The molecule has 0 amide bonds. The van der Waals surface area contributed by atoms with Crippen molar-refractivity contribution in [3.05, 3.63) is 24.4 Å². The molecule has 0 aliphatic carbocycles. The van der Waals surface area contributed by atoms with E-state index >= 15 is 0 Å². The largest absolute Gasteiger partial charge is 0.354 e. The Balaban J connectivity index is 2.42. The average molecular weight is 249 g/mol. The third kappa shape index (κ3) is 2.47. The van der Waals surface area contributed by atoms with Gasteiger partial charge in [-0.15, -0.1) is 0 Å². The molecule has 0 radical (unpaired) electrons. The second-order valence-corrected chi connectivity index (χ2v) is 3.86. The lowest BCUT2D eigenvalue weighted by Crippen LogP contribution is -2.07. The number of aromatic nitrogens is 4. The van der Waals surface area contributed by atoms with E-state index in [4.69, 9.17) is 0 Å². The molecule has 0 aromatic carbocycles. The maximum absolute atomic E-state index is 13.8. The predicted molar refractivity (Wildman–Crippen MR) is 67.7 cm³/mol. The Bertz CT molecular complexity index is 523. The van der Waals surface area contributed by atoms with E-state index in [-0.39, 0.29) is 5.69 Å². The Morgan fingerprint density at radius 2 is 2.17 bits per heavy atom. The van der Waals surface area contributed by atoms with Crippen molar-refractivity contribution in [3.8, 4) is 11.5 Å². The van der Waals surface area contributed by atoms with Crippen LogP contribution in [0.25, 0.3) is 11.5 Å². The van der Waals surface area contributed by atoms with Gasteiger partial charge in [0.15, 0.2) is 11.6 Å². The molecule has 6 heteroatoms. The highest BCUT2D eigenvalue weighted by molar-refractivity contribution is 5.52. The SMILES string of the molecule is CCCn1ccnc1-c1nc(NCC)ncc1F. The molecule has 0 atom stereocenters. The molecular formula is C12H16FN5. The molecule has 0 saturated carbocycles. The van der Waals surface area contributed by atoms with E-state index in [1.807, 2.05) is 17.7 Å². The van der Waals surface area contributed by atoms with E-state index in [0.29, 0.717) is 18.3 Å². The van der Waals surface area contributed by atoms with Crippen molar-refractivity contribution < 1.29 is 4.39 Å². The molecule has 0 saturated heterocycles. The number of halogens is 1. The van der Waals surface area contributed by atoms with Gasteiger partial charge in [-0.05, 0) is 13.3 Å². The fraction of sp³-hybridized carbons (Fsp3) is 0.417. The number of hydrogen-bond acceptors (Lipinski definition) is 4. The van der Waals surface area contributed by atoms with Crippen LogP contribution in [-0.2, 0) is 6.54 Å². The summed E-state index contributed by atoms with van der Waals surface area (Å²) in [5, 5.41) is 2.96. The molecule has 0 bridgehead atoms. The predicted octanol–water partition coefficient (Wildman–Crippen LogP) is 2.32. The average Bonchev–Trinajstić information content (AvgIpc) is 2.81. The summed E-state index contributed by atoms with van der Waals surface area (Å²) in [5.74, 6) is 0.496. The second kappa shape index (κ2) is 5.57. The molecule has 96 valence electrons. The molecule has 2 rings (SSSR count). The Labute approximate surface area is 105 Å². The molecule has 0 fully saturated rings. The molecule has 1 N–H and O–H groups in total. The summed E-state index contributed by atoms with van der Waals surface area (Å²) in [6.07, 6.45) is 5.61. The molecule has 0 aliphatic rings. The van der Waals surface area contributed by atoms with Crippen LogP contribution in [0, 0.1) is 5.82 Å². The summed E-state index contributed by atoms with van der Waals surface area (Å²) >= 11 is 0. The zero-order valence-electron chi connectivity index (χ0n) is 10.5. The van der Waals surface area contributed by atoms with Crippen LogP contribution < -0.4 is 5.32 Å². The van der Waals surface area contributed by atoms with Crippen LogP contribution in [0.3, 0.4) is 0 Å². The van der Waals surface area contributed by atoms with Crippen LogP contribution in [-0.4, -0.2) is 26.1 Å². The Morgan fingerprint density at radius 3 is 2.89 bits per heavy atom. The normalized spacial score (nSPS) is 10.6. The highest BCUT2D eigenvalue weighted by Gasteiger charge is 2.14. The number of hydrogen-bond donors (Lipinski definition) is 1. The van der Waals surface area contributed by atoms with Gasteiger partial charge in [-0.3, -0.25) is 0 Å². The Kier molecular flexibility index (Phi) is 3.86. The van der Waals surface area contributed by atoms with Gasteiger partial charge in [0.1, 0.15) is 5.69 Å². The van der Waals surface area contributed by atoms with Crippen molar-refractivity contribution in [3.63, 3.8) is 0 Å². The topological polar surface area (TPSA) is 55.6 Å². The van der Waals surface area contributed by atoms with Gasteiger partial charge in [0, 0.05) is 25.5 Å². The van der Waals surface area contributed by atoms with Crippen molar-refractivity contribution >= 4 is 5.95 Å². The van der Waals surface area contributed by atoms with Gasteiger partial charge in [-0.2, -0.15) is 0 Å². The van der Waals surface area contributed by atoms with E-state index in [1.165, 1.54) is 6.20 Å². The number of nitrogens with one attached hydrogen (secondary N) is 1. The van der Waals surface area contributed by atoms with Crippen LogP contribution >= 0.6 is 0 Å². The number of nitrogens with zero attached hydrogens (tertiary/aromatic N) is 4. The minimum absolute atomic E-state index is 0.236. The van der Waals surface area contributed by atoms with Gasteiger partial charge in [-0.1, -0.05) is 6.92 Å². The zero-order valence-corrected chi connectivity index (χ0v) is 10.5. The minimum atomic E-state index is -0.458. The molecule has 0 unspecified atom stereocenters. The quantitative estimate of drug-likeness (QED) is 0.883. The summed E-state index contributed by atoms with van der Waals surface area (Å²) in [7, 11) is 0.